The van der Waals surface area contributed by atoms with Crippen molar-refractivity contribution in [1.82, 2.24) is 15.1 Å². The lowest BCUT2D eigenvalue weighted by Gasteiger charge is -2.44. The lowest BCUT2D eigenvalue weighted by molar-refractivity contribution is -0.133. The highest BCUT2D eigenvalue weighted by atomic mass is 32.2. The predicted octanol–water partition coefficient (Wildman–Crippen LogP) is 4.31. The van der Waals surface area contributed by atoms with Gasteiger partial charge in [-0.2, -0.15) is 0 Å². The van der Waals surface area contributed by atoms with Gasteiger partial charge in [0.05, 0.1) is 16.3 Å². The molecule has 1 saturated carbocycles. The van der Waals surface area contributed by atoms with E-state index >= 15 is 0 Å². The van der Waals surface area contributed by atoms with Crippen molar-refractivity contribution in [3.8, 4) is 0 Å². The number of thiophene rings is 1. The quantitative estimate of drug-likeness (QED) is 0.475. The molecule has 0 radical (unpaired) electrons. The van der Waals surface area contributed by atoms with E-state index in [1.807, 2.05) is 11.0 Å². The van der Waals surface area contributed by atoms with E-state index in [0.29, 0.717) is 40.9 Å². The van der Waals surface area contributed by atoms with Crippen LogP contribution in [0.15, 0.2) is 41.3 Å². The summed E-state index contributed by atoms with van der Waals surface area (Å²) in [5, 5.41) is 2.92. The Balaban J connectivity index is 1.52. The van der Waals surface area contributed by atoms with E-state index in [1.165, 1.54) is 11.3 Å². The molecule has 220 valence electrons. The van der Waals surface area contributed by atoms with Gasteiger partial charge in [-0.15, -0.1) is 11.3 Å². The summed E-state index contributed by atoms with van der Waals surface area (Å²) in [6.07, 6.45) is 2.82. The fourth-order valence-electron chi connectivity index (χ4n) is 5.95. The van der Waals surface area contributed by atoms with E-state index in [4.69, 9.17) is 5.73 Å². The molecule has 8 nitrogen and oxygen atoms in total. The van der Waals surface area contributed by atoms with Crippen LogP contribution in [-0.4, -0.2) is 73.5 Å². The molecule has 4 atom stereocenters. The molecule has 2 heterocycles. The lowest BCUT2D eigenvalue weighted by atomic mass is 9.81. The summed E-state index contributed by atoms with van der Waals surface area (Å²) in [6.45, 7) is 11.0. The number of sulfone groups is 1. The van der Waals surface area contributed by atoms with Crippen LogP contribution in [0.2, 0.25) is 0 Å². The maximum Gasteiger partial charge on any atom is 0.264 e. The number of nitrogens with two attached hydrogens (primary N) is 1. The number of carbonyl (C=O) groups excluding carboxylic acids is 2. The van der Waals surface area contributed by atoms with Gasteiger partial charge in [-0.1, -0.05) is 39.0 Å². The summed E-state index contributed by atoms with van der Waals surface area (Å²) in [5.41, 5.74) is 6.46. The Kier molecular flexibility index (Phi) is 9.02. The standard InChI is InChI=1S/C30H44N4O4S2/c1-19(2)33(6)21-12-13-25(20(16-21)18-40(37,38)22-10-8-7-9-11-22)34-15-14-24(29(34)36)32-28(35)27-23(31)17-26(39-27)30(3,4)5/h7-11,17,19-21,24-25H,12-16,18,31H2,1-6H3,(H,32,35)/t20-,21+,24-,25-/m0/s1. The molecule has 2 amide bonds. The van der Waals surface area contributed by atoms with Gasteiger partial charge in [-0.05, 0) is 76.1 Å². The van der Waals surface area contributed by atoms with Gasteiger partial charge in [0.2, 0.25) is 5.91 Å². The minimum absolute atomic E-state index is 0.00771. The highest BCUT2D eigenvalue weighted by Gasteiger charge is 2.44. The van der Waals surface area contributed by atoms with Gasteiger partial charge in [-0.25, -0.2) is 8.42 Å². The van der Waals surface area contributed by atoms with E-state index in [0.717, 1.165) is 17.7 Å². The molecule has 3 N–H and O–H groups in total. The zero-order valence-electron chi connectivity index (χ0n) is 24.5. The van der Waals surface area contributed by atoms with Crippen molar-refractivity contribution in [3.05, 3.63) is 46.2 Å². The van der Waals surface area contributed by atoms with Crippen molar-refractivity contribution in [2.24, 2.45) is 5.92 Å². The molecule has 4 rings (SSSR count). The SMILES string of the molecule is CC(C)N(C)[C@@H]1CC[C@H](N2CC[C@H](NC(=O)c3sc(C(C)(C)C)cc3N)C2=O)[C@H](CS(=O)(=O)c2ccccc2)C1. The van der Waals surface area contributed by atoms with Gasteiger partial charge in [0, 0.05) is 29.5 Å². The average molecular weight is 589 g/mol. The van der Waals surface area contributed by atoms with Crippen LogP contribution >= 0.6 is 11.3 Å². The van der Waals surface area contributed by atoms with E-state index < -0.39 is 15.9 Å². The number of nitrogen functional groups attached to an aromatic ring is 1. The molecule has 1 aliphatic carbocycles. The summed E-state index contributed by atoms with van der Waals surface area (Å²) < 4.78 is 26.9. The molecule has 1 saturated heterocycles. The molecular formula is C30H44N4O4S2. The molecule has 1 aliphatic heterocycles. The second-order valence-corrected chi connectivity index (χ2v) is 15.7. The van der Waals surface area contributed by atoms with Gasteiger partial charge < -0.3 is 20.9 Å². The Bertz CT molecular complexity index is 1320. The van der Waals surface area contributed by atoms with Gasteiger partial charge >= 0.3 is 0 Å². The fraction of sp³-hybridized carbons (Fsp3) is 0.600. The molecule has 40 heavy (non-hydrogen) atoms. The number of amides is 2. The Morgan fingerprint density at radius 3 is 2.45 bits per heavy atom. The summed E-state index contributed by atoms with van der Waals surface area (Å²) in [4.78, 5) is 32.7. The number of nitrogens with one attached hydrogen (secondary N) is 1. The Morgan fingerprint density at radius 2 is 1.85 bits per heavy atom. The van der Waals surface area contributed by atoms with Gasteiger partial charge in [-0.3, -0.25) is 9.59 Å². The molecule has 0 bridgehead atoms. The summed E-state index contributed by atoms with van der Waals surface area (Å²) in [5.74, 6) is -0.677. The van der Waals surface area contributed by atoms with Crippen molar-refractivity contribution < 1.29 is 18.0 Å². The third kappa shape index (κ3) is 6.55. The number of carbonyl (C=O) groups is 2. The third-order valence-electron chi connectivity index (χ3n) is 8.49. The molecule has 0 spiro atoms. The highest BCUT2D eigenvalue weighted by Crippen LogP contribution is 2.37. The number of rotatable bonds is 8. The lowest BCUT2D eigenvalue weighted by Crippen LogP contribution is -2.53. The van der Waals surface area contributed by atoms with E-state index in [9.17, 15) is 18.0 Å². The van der Waals surface area contributed by atoms with Crippen molar-refractivity contribution >= 4 is 38.7 Å². The Labute approximate surface area is 243 Å². The monoisotopic (exact) mass is 588 g/mol. The molecule has 1 aromatic carbocycles. The first kappa shape index (κ1) is 30.5. The predicted molar refractivity (Wildman–Crippen MR) is 161 cm³/mol. The topological polar surface area (TPSA) is 113 Å². The van der Waals surface area contributed by atoms with Crippen LogP contribution in [0.25, 0.3) is 0 Å². The third-order valence-corrected chi connectivity index (χ3v) is 11.9. The molecule has 0 unspecified atom stereocenters. The minimum Gasteiger partial charge on any atom is -0.397 e. The number of hydrogen-bond acceptors (Lipinski definition) is 7. The van der Waals surface area contributed by atoms with E-state index in [-0.39, 0.29) is 41.0 Å². The van der Waals surface area contributed by atoms with Crippen LogP contribution in [0, 0.1) is 5.92 Å². The average Bonchev–Trinajstić information content (AvgIpc) is 3.46. The molecule has 2 aliphatic rings. The number of anilines is 1. The van der Waals surface area contributed by atoms with Gasteiger partial charge in [0.25, 0.3) is 5.91 Å². The number of hydrogen-bond donors (Lipinski definition) is 2. The van der Waals surface area contributed by atoms with Gasteiger partial charge in [0.15, 0.2) is 9.84 Å². The van der Waals surface area contributed by atoms with E-state index in [1.54, 1.807) is 30.3 Å². The molecule has 10 heteroatoms. The first-order valence-corrected chi connectivity index (χ1v) is 16.7. The first-order valence-electron chi connectivity index (χ1n) is 14.2. The molecule has 2 aromatic rings. The second-order valence-electron chi connectivity index (χ2n) is 12.6. The van der Waals surface area contributed by atoms with Crippen molar-refractivity contribution in [2.45, 2.75) is 94.8 Å². The first-order chi connectivity index (χ1) is 18.7. The Hall–Kier alpha value is -2.43. The smallest absolute Gasteiger partial charge is 0.264 e. The normalized spacial score (nSPS) is 24.2. The summed E-state index contributed by atoms with van der Waals surface area (Å²) in [6, 6.07) is 10.2. The largest absolute Gasteiger partial charge is 0.397 e. The maximum absolute atomic E-state index is 13.6. The number of likely N-dealkylation sites (tertiary alicyclic amines) is 1. The van der Waals surface area contributed by atoms with E-state index in [2.05, 4.69) is 51.9 Å². The Morgan fingerprint density at radius 1 is 1.18 bits per heavy atom. The molecule has 2 fully saturated rings. The zero-order valence-corrected chi connectivity index (χ0v) is 26.1. The maximum atomic E-state index is 13.6. The highest BCUT2D eigenvalue weighted by molar-refractivity contribution is 7.91. The summed E-state index contributed by atoms with van der Waals surface area (Å²) >= 11 is 1.36. The second kappa shape index (κ2) is 11.8. The number of benzene rings is 1. The summed E-state index contributed by atoms with van der Waals surface area (Å²) in [7, 11) is -1.44. The van der Waals surface area contributed by atoms with Crippen molar-refractivity contribution in [3.63, 3.8) is 0 Å². The van der Waals surface area contributed by atoms with Crippen LogP contribution in [0.1, 0.15) is 74.9 Å². The van der Waals surface area contributed by atoms with Crippen molar-refractivity contribution in [1.29, 1.82) is 0 Å². The minimum atomic E-state index is -3.53. The van der Waals surface area contributed by atoms with Crippen LogP contribution < -0.4 is 11.1 Å². The molecule has 1 aromatic heterocycles. The number of nitrogens with zero attached hydrogens (tertiary/aromatic N) is 2. The van der Waals surface area contributed by atoms with Crippen LogP contribution in [0.3, 0.4) is 0 Å². The fourth-order valence-corrected chi connectivity index (χ4v) is 8.68. The van der Waals surface area contributed by atoms with Crippen LogP contribution in [0.4, 0.5) is 5.69 Å². The van der Waals surface area contributed by atoms with Crippen LogP contribution in [0.5, 0.6) is 0 Å². The molecular weight excluding hydrogens is 544 g/mol. The zero-order chi connectivity index (χ0) is 29.4. The van der Waals surface area contributed by atoms with Crippen LogP contribution in [-0.2, 0) is 20.0 Å². The van der Waals surface area contributed by atoms with Crippen molar-refractivity contribution in [2.75, 3.05) is 25.1 Å². The van der Waals surface area contributed by atoms with Gasteiger partial charge in [0.1, 0.15) is 10.9 Å².